The van der Waals surface area contributed by atoms with Crippen molar-refractivity contribution in [2.75, 3.05) is 45.8 Å². The van der Waals surface area contributed by atoms with Crippen LogP contribution in [0.3, 0.4) is 0 Å². The molecule has 2 unspecified atom stereocenters. The van der Waals surface area contributed by atoms with Crippen molar-refractivity contribution in [3.63, 3.8) is 0 Å². The van der Waals surface area contributed by atoms with Crippen LogP contribution in [-0.2, 0) is 11.3 Å². The third-order valence-electron chi connectivity index (χ3n) is 5.73. The Hall–Kier alpha value is -1.43. The van der Waals surface area contributed by atoms with E-state index in [4.69, 9.17) is 0 Å². The highest BCUT2D eigenvalue weighted by molar-refractivity contribution is 5.78. The smallest absolute Gasteiger partial charge is 0.236 e. The number of amides is 1. The summed E-state index contributed by atoms with van der Waals surface area (Å²) in [5.74, 6) is 0.556. The number of rotatable bonds is 5. The van der Waals surface area contributed by atoms with Gasteiger partial charge in [0.1, 0.15) is 0 Å². The zero-order valence-electron chi connectivity index (χ0n) is 15.5. The first-order valence-corrected chi connectivity index (χ1v) is 9.48. The molecule has 5 nitrogen and oxygen atoms in total. The Balaban J connectivity index is 1.43. The van der Waals surface area contributed by atoms with E-state index < -0.39 is 0 Å². The van der Waals surface area contributed by atoms with E-state index in [2.05, 4.69) is 41.0 Å². The van der Waals surface area contributed by atoms with Crippen LogP contribution in [0, 0.1) is 12.8 Å². The lowest BCUT2D eigenvalue weighted by atomic mass is 10.0. The fraction of sp³-hybridized carbons (Fsp3) is 0.650. The zero-order valence-corrected chi connectivity index (χ0v) is 15.5. The van der Waals surface area contributed by atoms with Gasteiger partial charge in [0.2, 0.25) is 5.91 Å². The van der Waals surface area contributed by atoms with Gasteiger partial charge in [-0.15, -0.1) is 0 Å². The van der Waals surface area contributed by atoms with E-state index in [0.717, 1.165) is 52.2 Å². The Morgan fingerprint density at radius 2 is 1.88 bits per heavy atom. The molecule has 0 bridgehead atoms. The van der Waals surface area contributed by atoms with Crippen LogP contribution in [0.5, 0.6) is 0 Å². The van der Waals surface area contributed by atoms with Gasteiger partial charge in [-0.25, -0.2) is 0 Å². The topological polar surface area (TPSA) is 47.0 Å². The summed E-state index contributed by atoms with van der Waals surface area (Å²) < 4.78 is 0. The van der Waals surface area contributed by atoms with E-state index in [0.29, 0.717) is 12.5 Å². The molecule has 2 aliphatic rings. The lowest BCUT2D eigenvalue weighted by Gasteiger charge is -2.35. The standard InChI is InChI=1S/C20H31N3O2/c1-16-5-3-4-6-18(16)13-21-9-11-23(12-10-21)20(25)15-22-8-7-19(14-22)17(2)24/h3-6,17,19,24H,7-15H2,1-2H3. The maximum absolute atomic E-state index is 12.6. The molecule has 1 aromatic carbocycles. The molecule has 2 aliphatic heterocycles. The highest BCUT2D eigenvalue weighted by atomic mass is 16.3. The number of benzene rings is 1. The number of likely N-dealkylation sites (tertiary alicyclic amines) is 1. The molecule has 3 rings (SSSR count). The molecule has 2 fully saturated rings. The van der Waals surface area contributed by atoms with Crippen molar-refractivity contribution in [2.45, 2.75) is 32.9 Å². The number of nitrogens with zero attached hydrogens (tertiary/aromatic N) is 3. The second-order valence-corrected chi connectivity index (χ2v) is 7.61. The molecule has 2 saturated heterocycles. The van der Waals surface area contributed by atoms with Crippen LogP contribution in [0.1, 0.15) is 24.5 Å². The molecule has 1 amide bonds. The number of hydrogen-bond donors (Lipinski definition) is 1. The molecule has 2 heterocycles. The number of carbonyl (C=O) groups excluding carboxylic acids is 1. The average molecular weight is 345 g/mol. The molecule has 0 spiro atoms. The highest BCUT2D eigenvalue weighted by Crippen LogP contribution is 2.19. The Kier molecular flexibility index (Phi) is 6.10. The van der Waals surface area contributed by atoms with Crippen LogP contribution >= 0.6 is 0 Å². The minimum Gasteiger partial charge on any atom is -0.393 e. The number of aryl methyl sites for hydroxylation is 1. The summed E-state index contributed by atoms with van der Waals surface area (Å²) in [4.78, 5) is 19.2. The van der Waals surface area contributed by atoms with Crippen molar-refractivity contribution in [1.82, 2.24) is 14.7 Å². The number of piperazine rings is 1. The van der Waals surface area contributed by atoms with Gasteiger partial charge in [-0.05, 0) is 43.9 Å². The molecule has 0 radical (unpaired) electrons. The molecular weight excluding hydrogens is 314 g/mol. The lowest BCUT2D eigenvalue weighted by Crippen LogP contribution is -2.50. The van der Waals surface area contributed by atoms with Gasteiger partial charge >= 0.3 is 0 Å². The summed E-state index contributed by atoms with van der Waals surface area (Å²) in [5.41, 5.74) is 2.71. The van der Waals surface area contributed by atoms with Crippen LogP contribution in [0.2, 0.25) is 0 Å². The Morgan fingerprint density at radius 1 is 1.16 bits per heavy atom. The van der Waals surface area contributed by atoms with E-state index in [1.54, 1.807) is 0 Å². The molecule has 25 heavy (non-hydrogen) atoms. The van der Waals surface area contributed by atoms with Gasteiger partial charge in [0.25, 0.3) is 0 Å². The largest absolute Gasteiger partial charge is 0.393 e. The number of aliphatic hydroxyl groups is 1. The van der Waals surface area contributed by atoms with Crippen molar-refractivity contribution in [3.05, 3.63) is 35.4 Å². The van der Waals surface area contributed by atoms with Gasteiger partial charge in [0.05, 0.1) is 12.6 Å². The highest BCUT2D eigenvalue weighted by Gasteiger charge is 2.29. The maximum atomic E-state index is 12.6. The fourth-order valence-electron chi connectivity index (χ4n) is 3.88. The third kappa shape index (κ3) is 4.81. The zero-order chi connectivity index (χ0) is 17.8. The summed E-state index contributed by atoms with van der Waals surface area (Å²) in [7, 11) is 0. The van der Waals surface area contributed by atoms with Gasteiger partial charge < -0.3 is 10.0 Å². The van der Waals surface area contributed by atoms with Crippen molar-refractivity contribution < 1.29 is 9.90 Å². The molecular formula is C20H31N3O2. The minimum atomic E-state index is -0.273. The van der Waals surface area contributed by atoms with Crippen LogP contribution in [0.25, 0.3) is 0 Å². The van der Waals surface area contributed by atoms with E-state index >= 15 is 0 Å². The predicted octanol–water partition coefficient (Wildman–Crippen LogP) is 1.34. The van der Waals surface area contributed by atoms with Gasteiger partial charge in [-0.3, -0.25) is 14.6 Å². The van der Waals surface area contributed by atoms with Crippen molar-refractivity contribution in [2.24, 2.45) is 5.92 Å². The molecule has 1 N–H and O–H groups in total. The SMILES string of the molecule is Cc1ccccc1CN1CCN(C(=O)CN2CCC(C(C)O)C2)CC1. The second kappa shape index (κ2) is 8.30. The normalized spacial score (nSPS) is 23.8. The van der Waals surface area contributed by atoms with Crippen molar-refractivity contribution >= 4 is 5.91 Å². The number of carbonyl (C=O) groups is 1. The van der Waals surface area contributed by atoms with E-state index in [-0.39, 0.29) is 12.0 Å². The van der Waals surface area contributed by atoms with Crippen LogP contribution in [0.15, 0.2) is 24.3 Å². The fourth-order valence-corrected chi connectivity index (χ4v) is 3.88. The second-order valence-electron chi connectivity index (χ2n) is 7.61. The molecule has 0 aliphatic carbocycles. The summed E-state index contributed by atoms with van der Waals surface area (Å²) in [6.45, 7) is 10.8. The van der Waals surface area contributed by atoms with Crippen LogP contribution in [-0.4, -0.2) is 77.6 Å². The van der Waals surface area contributed by atoms with Gasteiger partial charge in [-0.1, -0.05) is 24.3 Å². The van der Waals surface area contributed by atoms with Gasteiger partial charge in [0.15, 0.2) is 0 Å². The summed E-state index contributed by atoms with van der Waals surface area (Å²) in [6.07, 6.45) is 0.722. The van der Waals surface area contributed by atoms with Crippen molar-refractivity contribution in [3.8, 4) is 0 Å². The van der Waals surface area contributed by atoms with Crippen LogP contribution in [0.4, 0.5) is 0 Å². The monoisotopic (exact) mass is 345 g/mol. The molecule has 1 aromatic rings. The molecule has 0 saturated carbocycles. The Bertz CT molecular complexity index is 582. The number of aliphatic hydroxyl groups excluding tert-OH is 1. The summed E-state index contributed by atoms with van der Waals surface area (Å²) in [5, 5.41) is 9.69. The average Bonchev–Trinajstić information content (AvgIpc) is 3.06. The van der Waals surface area contributed by atoms with Crippen LogP contribution < -0.4 is 0 Å². The van der Waals surface area contributed by atoms with E-state index in [1.165, 1.54) is 11.1 Å². The first kappa shape index (κ1) is 18.4. The van der Waals surface area contributed by atoms with Gasteiger partial charge in [0, 0.05) is 39.3 Å². The summed E-state index contributed by atoms with van der Waals surface area (Å²) >= 11 is 0. The molecule has 2 atom stereocenters. The maximum Gasteiger partial charge on any atom is 0.236 e. The van der Waals surface area contributed by atoms with E-state index in [9.17, 15) is 9.90 Å². The first-order valence-electron chi connectivity index (χ1n) is 9.48. The molecule has 0 aromatic heterocycles. The first-order chi connectivity index (χ1) is 12.0. The lowest BCUT2D eigenvalue weighted by molar-refractivity contribution is -0.134. The third-order valence-corrected chi connectivity index (χ3v) is 5.73. The quantitative estimate of drug-likeness (QED) is 0.875. The molecule has 138 valence electrons. The summed E-state index contributed by atoms with van der Waals surface area (Å²) in [6, 6.07) is 8.53. The van der Waals surface area contributed by atoms with E-state index in [1.807, 2.05) is 11.8 Å². The van der Waals surface area contributed by atoms with Gasteiger partial charge in [-0.2, -0.15) is 0 Å². The minimum absolute atomic E-state index is 0.238. The van der Waals surface area contributed by atoms with Crippen molar-refractivity contribution in [1.29, 1.82) is 0 Å². The number of hydrogen-bond acceptors (Lipinski definition) is 4. The Morgan fingerprint density at radius 3 is 2.52 bits per heavy atom. The Labute approximate surface area is 151 Å². The predicted molar refractivity (Wildman–Crippen MR) is 99.3 cm³/mol. The molecule has 5 heteroatoms.